The number of aryl methyl sites for hydroxylation is 1. The first-order valence-electron chi connectivity index (χ1n) is 9.54. The summed E-state index contributed by atoms with van der Waals surface area (Å²) in [6.07, 6.45) is 0. The molecule has 0 radical (unpaired) electrons. The van der Waals surface area contributed by atoms with Crippen molar-refractivity contribution < 1.29 is 9.72 Å². The molecule has 162 valence electrons. The number of rotatable bonds is 7. The molecule has 0 bridgehead atoms. The highest BCUT2D eigenvalue weighted by atomic mass is 35.5. The molecule has 31 heavy (non-hydrogen) atoms. The fourth-order valence-corrected chi connectivity index (χ4v) is 4.06. The summed E-state index contributed by atoms with van der Waals surface area (Å²) < 4.78 is 1.54. The molecule has 1 N–H and O–H groups in total. The normalized spacial score (nSPS) is 11.1. The molecule has 8 nitrogen and oxygen atoms in total. The van der Waals surface area contributed by atoms with E-state index in [0.29, 0.717) is 33.2 Å². The lowest BCUT2D eigenvalue weighted by molar-refractivity contribution is -0.384. The molecule has 0 saturated carbocycles. The molecule has 2 aromatic carbocycles. The molecule has 0 atom stereocenters. The summed E-state index contributed by atoms with van der Waals surface area (Å²) in [5.74, 6) is -0.308. The van der Waals surface area contributed by atoms with Gasteiger partial charge in [0.2, 0.25) is 5.91 Å². The maximum absolute atomic E-state index is 13.0. The van der Waals surface area contributed by atoms with Crippen LogP contribution in [-0.2, 0) is 11.3 Å². The minimum absolute atomic E-state index is 0.0604. The quantitative estimate of drug-likeness (QED) is 0.238. The SMILES string of the molecule is Cc1cccc([N+](=O)[O-])c1NC(=O)CSc1nc2ccc(Cl)cc2c(=O)n1CC(C)C. The third-order valence-electron chi connectivity index (χ3n) is 4.47. The highest BCUT2D eigenvalue weighted by Gasteiger charge is 2.19. The fourth-order valence-electron chi connectivity index (χ4n) is 3.08. The number of halogens is 1. The molecule has 0 spiro atoms. The number of nitrogens with one attached hydrogen (secondary N) is 1. The van der Waals surface area contributed by atoms with Crippen molar-refractivity contribution in [2.75, 3.05) is 11.1 Å². The van der Waals surface area contributed by atoms with Gasteiger partial charge in [-0.3, -0.25) is 24.3 Å². The predicted molar refractivity (Wildman–Crippen MR) is 123 cm³/mol. The minimum Gasteiger partial charge on any atom is -0.319 e. The van der Waals surface area contributed by atoms with Gasteiger partial charge in [0.15, 0.2) is 5.16 Å². The van der Waals surface area contributed by atoms with E-state index in [0.717, 1.165) is 11.8 Å². The summed E-state index contributed by atoms with van der Waals surface area (Å²) in [7, 11) is 0. The van der Waals surface area contributed by atoms with Crippen molar-refractivity contribution in [3.63, 3.8) is 0 Å². The molecule has 0 aliphatic heterocycles. The van der Waals surface area contributed by atoms with Crippen LogP contribution in [0.25, 0.3) is 10.9 Å². The fraction of sp³-hybridized carbons (Fsp3) is 0.286. The summed E-state index contributed by atoms with van der Waals surface area (Å²) in [4.78, 5) is 40.8. The summed E-state index contributed by atoms with van der Waals surface area (Å²) in [5.41, 5.74) is 0.852. The molecule has 3 rings (SSSR count). The Balaban J connectivity index is 1.88. The highest BCUT2D eigenvalue weighted by Crippen LogP contribution is 2.28. The van der Waals surface area contributed by atoms with Crippen LogP contribution in [0.3, 0.4) is 0 Å². The molecular weight excluding hydrogens is 440 g/mol. The number of fused-ring (bicyclic) bond motifs is 1. The molecule has 1 amide bonds. The van der Waals surface area contributed by atoms with Crippen LogP contribution in [0.2, 0.25) is 5.02 Å². The van der Waals surface area contributed by atoms with Crippen molar-refractivity contribution in [2.24, 2.45) is 5.92 Å². The number of nitro groups is 1. The average molecular weight is 461 g/mol. The van der Waals surface area contributed by atoms with Crippen LogP contribution in [-0.4, -0.2) is 26.1 Å². The molecule has 1 aromatic heterocycles. The van der Waals surface area contributed by atoms with Gasteiger partial charge in [0, 0.05) is 17.6 Å². The number of carbonyl (C=O) groups excluding carboxylic acids is 1. The molecule has 0 aliphatic rings. The Bertz CT molecular complexity index is 1230. The van der Waals surface area contributed by atoms with Gasteiger partial charge in [0.05, 0.1) is 21.6 Å². The second kappa shape index (κ2) is 9.49. The first-order valence-corrected chi connectivity index (χ1v) is 10.9. The van der Waals surface area contributed by atoms with E-state index >= 15 is 0 Å². The molecule has 1 heterocycles. The van der Waals surface area contributed by atoms with Crippen molar-refractivity contribution in [1.29, 1.82) is 0 Å². The number of anilines is 1. The lowest BCUT2D eigenvalue weighted by atomic mass is 10.1. The number of benzene rings is 2. The smallest absolute Gasteiger partial charge is 0.293 e. The van der Waals surface area contributed by atoms with Gasteiger partial charge in [-0.05, 0) is 36.6 Å². The Labute approximate surface area is 187 Å². The van der Waals surface area contributed by atoms with Gasteiger partial charge in [-0.25, -0.2) is 4.98 Å². The maximum atomic E-state index is 13.0. The van der Waals surface area contributed by atoms with Crippen LogP contribution >= 0.6 is 23.4 Å². The van der Waals surface area contributed by atoms with E-state index in [4.69, 9.17) is 11.6 Å². The lowest BCUT2D eigenvalue weighted by Crippen LogP contribution is -2.26. The summed E-state index contributed by atoms with van der Waals surface area (Å²) >= 11 is 7.14. The van der Waals surface area contributed by atoms with Crippen LogP contribution in [0.1, 0.15) is 19.4 Å². The van der Waals surface area contributed by atoms with Gasteiger partial charge < -0.3 is 5.32 Å². The largest absolute Gasteiger partial charge is 0.319 e. The monoisotopic (exact) mass is 460 g/mol. The zero-order valence-corrected chi connectivity index (χ0v) is 18.8. The van der Waals surface area contributed by atoms with E-state index in [1.807, 2.05) is 13.8 Å². The highest BCUT2D eigenvalue weighted by molar-refractivity contribution is 7.99. The Hall–Kier alpha value is -2.91. The van der Waals surface area contributed by atoms with Crippen molar-refractivity contribution in [3.8, 4) is 0 Å². The van der Waals surface area contributed by atoms with Crippen molar-refractivity contribution in [3.05, 3.63) is 67.5 Å². The predicted octanol–water partition coefficient (Wildman–Crippen LogP) is 4.65. The number of para-hydroxylation sites is 1. The van der Waals surface area contributed by atoms with Crippen molar-refractivity contribution >= 4 is 51.5 Å². The number of carbonyl (C=O) groups is 1. The summed E-state index contributed by atoms with van der Waals surface area (Å²) in [6.45, 7) is 6.08. The second-order valence-electron chi connectivity index (χ2n) is 7.43. The van der Waals surface area contributed by atoms with E-state index in [1.54, 1.807) is 37.3 Å². The van der Waals surface area contributed by atoms with Crippen LogP contribution < -0.4 is 10.9 Å². The number of aromatic nitrogens is 2. The van der Waals surface area contributed by atoms with Gasteiger partial charge >= 0.3 is 0 Å². The zero-order valence-electron chi connectivity index (χ0n) is 17.2. The maximum Gasteiger partial charge on any atom is 0.293 e. The third kappa shape index (κ3) is 5.23. The van der Waals surface area contributed by atoms with E-state index in [9.17, 15) is 19.7 Å². The van der Waals surface area contributed by atoms with Crippen molar-refractivity contribution in [1.82, 2.24) is 9.55 Å². The second-order valence-corrected chi connectivity index (χ2v) is 8.81. The number of hydrogen-bond donors (Lipinski definition) is 1. The van der Waals surface area contributed by atoms with E-state index in [1.165, 1.54) is 10.6 Å². The van der Waals surface area contributed by atoms with Gasteiger partial charge in [-0.15, -0.1) is 0 Å². The molecule has 0 fully saturated rings. The molecule has 10 heteroatoms. The Morgan fingerprint density at radius 3 is 2.74 bits per heavy atom. The Morgan fingerprint density at radius 1 is 1.32 bits per heavy atom. The van der Waals surface area contributed by atoms with Gasteiger partial charge in [0.1, 0.15) is 5.69 Å². The average Bonchev–Trinajstić information content (AvgIpc) is 2.70. The summed E-state index contributed by atoms with van der Waals surface area (Å²) in [5, 5.41) is 15.1. The topological polar surface area (TPSA) is 107 Å². The minimum atomic E-state index is -0.536. The van der Waals surface area contributed by atoms with E-state index in [-0.39, 0.29) is 28.6 Å². The zero-order chi connectivity index (χ0) is 22.7. The van der Waals surface area contributed by atoms with Crippen LogP contribution in [0.4, 0.5) is 11.4 Å². The van der Waals surface area contributed by atoms with E-state index in [2.05, 4.69) is 10.3 Å². The molecule has 3 aromatic rings. The van der Waals surface area contributed by atoms with Gasteiger partial charge in [-0.1, -0.05) is 49.3 Å². The van der Waals surface area contributed by atoms with Crippen molar-refractivity contribution in [2.45, 2.75) is 32.5 Å². The van der Waals surface area contributed by atoms with Gasteiger partial charge in [0.25, 0.3) is 11.2 Å². The van der Waals surface area contributed by atoms with Crippen LogP contribution in [0, 0.1) is 23.0 Å². The standard InChI is InChI=1S/C21H21ClN4O4S/c1-12(2)10-25-20(28)15-9-14(22)7-8-16(15)23-21(25)31-11-18(27)24-19-13(3)5-4-6-17(19)26(29)30/h4-9,12H,10-11H2,1-3H3,(H,24,27). The lowest BCUT2D eigenvalue weighted by Gasteiger charge is -2.15. The van der Waals surface area contributed by atoms with Crippen LogP contribution in [0.5, 0.6) is 0 Å². The number of nitro benzene ring substituents is 1. The first kappa shape index (κ1) is 22.8. The molecule has 0 saturated heterocycles. The summed E-state index contributed by atoms with van der Waals surface area (Å²) in [6, 6.07) is 9.49. The number of hydrogen-bond acceptors (Lipinski definition) is 6. The van der Waals surface area contributed by atoms with E-state index < -0.39 is 10.8 Å². The van der Waals surface area contributed by atoms with Gasteiger partial charge in [-0.2, -0.15) is 0 Å². The Morgan fingerprint density at radius 2 is 2.06 bits per heavy atom. The Kier molecular flexibility index (Phi) is 6.97. The third-order valence-corrected chi connectivity index (χ3v) is 5.68. The first-order chi connectivity index (χ1) is 14.7. The molecule has 0 aliphatic carbocycles. The number of nitrogens with zero attached hydrogens (tertiary/aromatic N) is 3. The number of amides is 1. The molecular formula is C21H21ClN4O4S. The molecule has 0 unspecified atom stereocenters. The number of thioether (sulfide) groups is 1. The van der Waals surface area contributed by atoms with Crippen LogP contribution in [0.15, 0.2) is 46.3 Å².